The van der Waals surface area contributed by atoms with Gasteiger partial charge in [0, 0.05) is 23.7 Å². The second kappa shape index (κ2) is 8.13. The zero-order valence-corrected chi connectivity index (χ0v) is 14.7. The van der Waals surface area contributed by atoms with Gasteiger partial charge in [0.05, 0.1) is 18.8 Å². The normalized spacial score (nSPS) is 15.1. The van der Waals surface area contributed by atoms with Crippen LogP contribution in [0.15, 0.2) is 28.7 Å². The molecule has 3 nitrogen and oxygen atoms in total. The topological polar surface area (TPSA) is 30.5 Å². The molecule has 1 aromatic carbocycles. The van der Waals surface area contributed by atoms with E-state index in [1.54, 1.807) is 7.11 Å². The van der Waals surface area contributed by atoms with Gasteiger partial charge in [-0.3, -0.25) is 0 Å². The van der Waals surface area contributed by atoms with Crippen molar-refractivity contribution in [1.29, 1.82) is 0 Å². The maximum absolute atomic E-state index is 6.14. The highest BCUT2D eigenvalue weighted by Gasteiger charge is 2.20. The summed E-state index contributed by atoms with van der Waals surface area (Å²) in [5, 5.41) is 3.51. The number of hydrogen-bond acceptors (Lipinski definition) is 3. The lowest BCUT2D eigenvalue weighted by Crippen LogP contribution is -2.40. The van der Waals surface area contributed by atoms with E-state index < -0.39 is 0 Å². The summed E-state index contributed by atoms with van der Waals surface area (Å²) in [5.74, 6) is 0. The fourth-order valence-electron chi connectivity index (χ4n) is 1.92. The van der Waals surface area contributed by atoms with Gasteiger partial charge in [-0.05, 0) is 39.3 Å². The van der Waals surface area contributed by atoms with Gasteiger partial charge in [-0.15, -0.1) is 0 Å². The molecule has 114 valence electrons. The summed E-state index contributed by atoms with van der Waals surface area (Å²) in [7, 11) is 1.70. The third kappa shape index (κ3) is 6.35. The SMILES string of the molecule is COCC(C)OC(CNC(C)(C)C)c1ccccc1Br. The highest BCUT2D eigenvalue weighted by atomic mass is 79.9. The predicted octanol–water partition coefficient (Wildman–Crippen LogP) is 3.93. The van der Waals surface area contributed by atoms with Crippen LogP contribution in [0.3, 0.4) is 0 Å². The van der Waals surface area contributed by atoms with Crippen molar-refractivity contribution in [2.24, 2.45) is 0 Å². The molecule has 0 heterocycles. The molecule has 0 spiro atoms. The van der Waals surface area contributed by atoms with E-state index in [9.17, 15) is 0 Å². The van der Waals surface area contributed by atoms with Crippen molar-refractivity contribution in [3.05, 3.63) is 34.3 Å². The Morgan fingerprint density at radius 1 is 1.25 bits per heavy atom. The fraction of sp³-hybridized carbons (Fsp3) is 0.625. The van der Waals surface area contributed by atoms with Crippen LogP contribution in [-0.2, 0) is 9.47 Å². The molecular formula is C16H26BrNO2. The Morgan fingerprint density at radius 3 is 2.45 bits per heavy atom. The smallest absolute Gasteiger partial charge is 0.0965 e. The van der Waals surface area contributed by atoms with Gasteiger partial charge in [0.15, 0.2) is 0 Å². The molecule has 0 amide bonds. The molecule has 0 saturated heterocycles. The standard InChI is InChI=1S/C16H26BrNO2/c1-12(11-19-5)20-15(10-18-16(2,3)4)13-8-6-7-9-14(13)17/h6-9,12,15,18H,10-11H2,1-5H3. The van der Waals surface area contributed by atoms with E-state index in [2.05, 4.69) is 48.1 Å². The molecule has 0 aliphatic carbocycles. The minimum Gasteiger partial charge on any atom is -0.382 e. The summed E-state index contributed by atoms with van der Waals surface area (Å²) in [6, 6.07) is 8.19. The molecule has 0 fully saturated rings. The number of methoxy groups -OCH3 is 1. The number of halogens is 1. The van der Waals surface area contributed by atoms with Gasteiger partial charge >= 0.3 is 0 Å². The molecular weight excluding hydrogens is 318 g/mol. The molecule has 0 radical (unpaired) electrons. The van der Waals surface area contributed by atoms with E-state index in [0.717, 1.165) is 16.6 Å². The van der Waals surface area contributed by atoms with Crippen molar-refractivity contribution in [3.8, 4) is 0 Å². The van der Waals surface area contributed by atoms with Crippen molar-refractivity contribution in [2.45, 2.75) is 45.4 Å². The second-order valence-corrected chi connectivity index (χ2v) is 6.90. The first-order chi connectivity index (χ1) is 9.33. The summed E-state index contributed by atoms with van der Waals surface area (Å²) in [4.78, 5) is 0. The monoisotopic (exact) mass is 343 g/mol. The van der Waals surface area contributed by atoms with Crippen LogP contribution in [0.4, 0.5) is 0 Å². The molecule has 0 bridgehead atoms. The van der Waals surface area contributed by atoms with Crippen LogP contribution < -0.4 is 5.32 Å². The average Bonchev–Trinajstić information content (AvgIpc) is 2.34. The van der Waals surface area contributed by atoms with Crippen LogP contribution in [-0.4, -0.2) is 31.9 Å². The lowest BCUT2D eigenvalue weighted by molar-refractivity contribution is -0.0414. The summed E-state index contributed by atoms with van der Waals surface area (Å²) >= 11 is 3.61. The predicted molar refractivity (Wildman–Crippen MR) is 87.1 cm³/mol. The van der Waals surface area contributed by atoms with Crippen LogP contribution in [0, 0.1) is 0 Å². The molecule has 1 aromatic rings. The largest absolute Gasteiger partial charge is 0.382 e. The molecule has 0 aliphatic rings. The minimum absolute atomic E-state index is 0.00468. The van der Waals surface area contributed by atoms with Gasteiger partial charge in [0.25, 0.3) is 0 Å². The first-order valence-electron chi connectivity index (χ1n) is 6.97. The van der Waals surface area contributed by atoms with Crippen molar-refractivity contribution < 1.29 is 9.47 Å². The van der Waals surface area contributed by atoms with Gasteiger partial charge < -0.3 is 14.8 Å². The van der Waals surface area contributed by atoms with E-state index >= 15 is 0 Å². The van der Waals surface area contributed by atoms with Gasteiger partial charge in [-0.2, -0.15) is 0 Å². The molecule has 2 unspecified atom stereocenters. The zero-order valence-electron chi connectivity index (χ0n) is 13.1. The van der Waals surface area contributed by atoms with Crippen molar-refractivity contribution in [1.82, 2.24) is 5.32 Å². The Kier molecular flexibility index (Phi) is 7.17. The third-order valence-electron chi connectivity index (χ3n) is 2.87. The highest BCUT2D eigenvalue weighted by molar-refractivity contribution is 9.10. The van der Waals surface area contributed by atoms with Crippen LogP contribution in [0.25, 0.3) is 0 Å². The van der Waals surface area contributed by atoms with E-state index in [1.807, 2.05) is 25.1 Å². The maximum atomic E-state index is 6.14. The van der Waals surface area contributed by atoms with E-state index in [1.165, 1.54) is 0 Å². The summed E-state index contributed by atoms with van der Waals surface area (Å²) in [6.07, 6.45) is 0.0498. The van der Waals surface area contributed by atoms with E-state index in [-0.39, 0.29) is 17.7 Å². The molecule has 0 aliphatic heterocycles. The van der Waals surface area contributed by atoms with Crippen LogP contribution in [0.5, 0.6) is 0 Å². The molecule has 1 N–H and O–H groups in total. The number of hydrogen-bond donors (Lipinski definition) is 1. The Hall–Kier alpha value is -0.420. The highest BCUT2D eigenvalue weighted by Crippen LogP contribution is 2.27. The molecule has 0 saturated carbocycles. The molecule has 20 heavy (non-hydrogen) atoms. The third-order valence-corrected chi connectivity index (χ3v) is 3.59. The number of rotatable bonds is 7. The van der Waals surface area contributed by atoms with Gasteiger partial charge in [0.2, 0.25) is 0 Å². The summed E-state index contributed by atoms with van der Waals surface area (Å²) in [6.45, 7) is 9.86. The fourth-order valence-corrected chi connectivity index (χ4v) is 2.46. The Bertz CT molecular complexity index is 404. The number of benzene rings is 1. The summed E-state index contributed by atoms with van der Waals surface area (Å²) < 4.78 is 12.4. The van der Waals surface area contributed by atoms with E-state index in [4.69, 9.17) is 9.47 Å². The Balaban J connectivity index is 2.81. The van der Waals surface area contributed by atoms with Crippen molar-refractivity contribution >= 4 is 15.9 Å². The Morgan fingerprint density at radius 2 is 1.90 bits per heavy atom. The van der Waals surface area contributed by atoms with Crippen molar-refractivity contribution in [3.63, 3.8) is 0 Å². The first-order valence-corrected chi connectivity index (χ1v) is 7.76. The molecule has 4 heteroatoms. The maximum Gasteiger partial charge on any atom is 0.0965 e. The van der Waals surface area contributed by atoms with Gasteiger partial charge in [-0.1, -0.05) is 34.1 Å². The zero-order chi connectivity index (χ0) is 15.2. The van der Waals surface area contributed by atoms with Gasteiger partial charge in [0.1, 0.15) is 0 Å². The molecule has 2 atom stereocenters. The molecule has 0 aromatic heterocycles. The first kappa shape index (κ1) is 17.6. The Labute approximate surface area is 131 Å². The van der Waals surface area contributed by atoms with Crippen LogP contribution >= 0.6 is 15.9 Å². The lowest BCUT2D eigenvalue weighted by atomic mass is 10.1. The minimum atomic E-state index is -0.00468. The van der Waals surface area contributed by atoms with Crippen LogP contribution in [0.2, 0.25) is 0 Å². The molecule has 1 rings (SSSR count). The van der Waals surface area contributed by atoms with E-state index in [0.29, 0.717) is 6.61 Å². The quantitative estimate of drug-likeness (QED) is 0.813. The second-order valence-electron chi connectivity index (χ2n) is 6.04. The van der Waals surface area contributed by atoms with Crippen LogP contribution in [0.1, 0.15) is 39.4 Å². The lowest BCUT2D eigenvalue weighted by Gasteiger charge is -2.28. The number of nitrogens with one attached hydrogen (secondary N) is 1. The van der Waals surface area contributed by atoms with Crippen molar-refractivity contribution in [2.75, 3.05) is 20.3 Å². The number of ether oxygens (including phenoxy) is 2. The average molecular weight is 344 g/mol. The summed E-state index contributed by atoms with van der Waals surface area (Å²) in [5.41, 5.74) is 1.22. The van der Waals surface area contributed by atoms with Gasteiger partial charge in [-0.25, -0.2) is 0 Å².